The highest BCUT2D eigenvalue weighted by atomic mass is 16.7. The lowest BCUT2D eigenvalue weighted by atomic mass is 9.59. The van der Waals surface area contributed by atoms with Crippen LogP contribution < -0.4 is 0 Å². The minimum absolute atomic E-state index is 0.0557. The Morgan fingerprint density at radius 2 is 2.05 bits per heavy atom. The van der Waals surface area contributed by atoms with Crippen LogP contribution in [0.2, 0.25) is 0 Å². The van der Waals surface area contributed by atoms with Crippen LogP contribution in [0.1, 0.15) is 11.5 Å². The fraction of sp³-hybridized carbons (Fsp3) is 0.438. The summed E-state index contributed by atoms with van der Waals surface area (Å²) in [5, 5.41) is 0. The molecule has 1 aliphatic heterocycles. The number of rotatable bonds is 2. The molecule has 3 aliphatic carbocycles. The first-order chi connectivity index (χ1) is 9.28. The predicted molar refractivity (Wildman–Crippen MR) is 69.5 cm³/mol. The van der Waals surface area contributed by atoms with Crippen molar-refractivity contribution in [3.63, 3.8) is 0 Å². The van der Waals surface area contributed by atoms with Crippen LogP contribution in [0.15, 0.2) is 42.5 Å². The monoisotopic (exact) mass is 256 g/mol. The van der Waals surface area contributed by atoms with Gasteiger partial charge in [-0.25, -0.2) is 0 Å². The molecular weight excluding hydrogens is 240 g/mol. The predicted octanol–water partition coefficient (Wildman–Crippen LogP) is 2.14. The van der Waals surface area contributed by atoms with E-state index in [1.54, 1.807) is 7.11 Å². The Balaban J connectivity index is 1.83. The normalized spacial score (nSPS) is 42.9. The summed E-state index contributed by atoms with van der Waals surface area (Å²) in [5.41, 5.74) is 1.23. The van der Waals surface area contributed by atoms with Crippen molar-refractivity contribution in [1.29, 1.82) is 0 Å². The SMILES string of the molecule is CO[C@]12OC[C@H]3[C@H](c4ccccc4)[C@H](C=C[C@@H]31)C2=O. The number of methoxy groups -OCH3 is 1. The van der Waals surface area contributed by atoms with Crippen molar-refractivity contribution in [1.82, 2.24) is 0 Å². The van der Waals surface area contributed by atoms with Crippen molar-refractivity contribution in [2.45, 2.75) is 11.7 Å². The summed E-state index contributed by atoms with van der Waals surface area (Å²) in [7, 11) is 1.58. The Bertz CT molecular complexity index is 550. The molecule has 0 aromatic heterocycles. The maximum Gasteiger partial charge on any atom is 0.236 e. The van der Waals surface area contributed by atoms with E-state index in [9.17, 15) is 4.79 Å². The van der Waals surface area contributed by atoms with Gasteiger partial charge in [-0.3, -0.25) is 4.79 Å². The molecule has 1 saturated heterocycles. The topological polar surface area (TPSA) is 35.5 Å². The fourth-order valence-electron chi connectivity index (χ4n) is 4.07. The number of ether oxygens (including phenoxy) is 2. The maximum absolute atomic E-state index is 12.7. The second-order valence-corrected chi connectivity index (χ2v) is 5.58. The van der Waals surface area contributed by atoms with E-state index in [0.29, 0.717) is 12.5 Å². The Kier molecular flexibility index (Phi) is 2.26. The van der Waals surface area contributed by atoms with Crippen molar-refractivity contribution in [3.8, 4) is 0 Å². The number of hydrogen-bond donors (Lipinski definition) is 0. The molecule has 1 saturated carbocycles. The molecule has 0 amide bonds. The zero-order chi connectivity index (χ0) is 13.0. The van der Waals surface area contributed by atoms with Crippen LogP contribution in [-0.2, 0) is 14.3 Å². The van der Waals surface area contributed by atoms with Gasteiger partial charge < -0.3 is 9.47 Å². The molecule has 0 radical (unpaired) electrons. The van der Waals surface area contributed by atoms with E-state index < -0.39 is 5.79 Å². The van der Waals surface area contributed by atoms with E-state index in [0.717, 1.165) is 0 Å². The molecule has 0 N–H and O–H groups in total. The van der Waals surface area contributed by atoms with Crippen LogP contribution in [0.25, 0.3) is 0 Å². The van der Waals surface area contributed by atoms with Crippen LogP contribution in [0.4, 0.5) is 0 Å². The molecule has 1 aromatic carbocycles. The van der Waals surface area contributed by atoms with Gasteiger partial charge in [0.1, 0.15) is 0 Å². The van der Waals surface area contributed by atoms with Crippen LogP contribution in [0, 0.1) is 17.8 Å². The molecule has 19 heavy (non-hydrogen) atoms. The third-order valence-electron chi connectivity index (χ3n) is 4.90. The highest BCUT2D eigenvalue weighted by Crippen LogP contribution is 2.57. The van der Waals surface area contributed by atoms with E-state index in [1.807, 2.05) is 24.3 Å². The summed E-state index contributed by atoms with van der Waals surface area (Å²) < 4.78 is 11.3. The van der Waals surface area contributed by atoms with Crippen molar-refractivity contribution < 1.29 is 14.3 Å². The van der Waals surface area contributed by atoms with E-state index in [-0.39, 0.29) is 23.5 Å². The van der Waals surface area contributed by atoms with Crippen molar-refractivity contribution >= 4 is 5.78 Å². The molecule has 98 valence electrons. The second-order valence-electron chi connectivity index (χ2n) is 5.58. The van der Waals surface area contributed by atoms with Crippen molar-refractivity contribution in [2.24, 2.45) is 17.8 Å². The molecule has 0 unspecified atom stereocenters. The number of carbonyl (C=O) groups is 1. The average Bonchev–Trinajstić information content (AvgIpc) is 2.82. The minimum atomic E-state index is -1.00. The first-order valence-corrected chi connectivity index (χ1v) is 6.74. The molecule has 1 heterocycles. The molecule has 4 aliphatic rings. The van der Waals surface area contributed by atoms with Gasteiger partial charge in [-0.15, -0.1) is 0 Å². The highest BCUT2D eigenvalue weighted by Gasteiger charge is 2.66. The molecule has 3 nitrogen and oxygen atoms in total. The van der Waals surface area contributed by atoms with Gasteiger partial charge >= 0.3 is 0 Å². The third kappa shape index (κ3) is 1.27. The molecule has 3 heteroatoms. The average molecular weight is 256 g/mol. The number of allylic oxidation sites excluding steroid dienone is 1. The van der Waals surface area contributed by atoms with Gasteiger partial charge in [0.2, 0.25) is 5.79 Å². The van der Waals surface area contributed by atoms with Crippen molar-refractivity contribution in [3.05, 3.63) is 48.0 Å². The summed E-state index contributed by atoms with van der Waals surface area (Å²) in [6.07, 6.45) is 4.17. The van der Waals surface area contributed by atoms with Gasteiger partial charge in [0.15, 0.2) is 5.78 Å². The second kappa shape index (κ2) is 3.78. The Morgan fingerprint density at radius 1 is 1.26 bits per heavy atom. The summed E-state index contributed by atoms with van der Waals surface area (Å²) in [5.74, 6) is -0.398. The molecule has 5 atom stereocenters. The van der Waals surface area contributed by atoms with E-state index in [1.165, 1.54) is 5.56 Å². The van der Waals surface area contributed by atoms with E-state index in [2.05, 4.69) is 18.2 Å². The fourth-order valence-corrected chi connectivity index (χ4v) is 4.07. The number of benzene rings is 1. The summed E-state index contributed by atoms with van der Waals surface area (Å²) in [4.78, 5) is 12.7. The summed E-state index contributed by atoms with van der Waals surface area (Å²) in [6, 6.07) is 10.3. The van der Waals surface area contributed by atoms with Crippen LogP contribution >= 0.6 is 0 Å². The summed E-state index contributed by atoms with van der Waals surface area (Å²) >= 11 is 0. The lowest BCUT2D eigenvalue weighted by molar-refractivity contribution is -0.215. The zero-order valence-corrected chi connectivity index (χ0v) is 10.8. The van der Waals surface area contributed by atoms with Gasteiger partial charge in [-0.2, -0.15) is 0 Å². The number of ketones is 1. The lowest BCUT2D eigenvalue weighted by Crippen LogP contribution is -2.57. The minimum Gasteiger partial charge on any atom is -0.347 e. The third-order valence-corrected chi connectivity index (χ3v) is 4.90. The largest absolute Gasteiger partial charge is 0.347 e. The zero-order valence-electron chi connectivity index (χ0n) is 10.8. The standard InChI is InChI=1S/C16H16O3/c1-18-16-13-8-7-11(15(16)17)14(12(13)9-19-16)10-5-3-2-4-6-10/h2-8,11-14H,9H2,1H3/t11-,12+,13-,14+,16-/m0/s1. The van der Waals surface area contributed by atoms with Gasteiger partial charge in [0.25, 0.3) is 0 Å². The number of Topliss-reactive ketones (excluding diaryl/α,β-unsaturated/α-hetero) is 1. The Hall–Kier alpha value is -1.45. The number of carbonyl (C=O) groups excluding carboxylic acids is 1. The molecule has 5 rings (SSSR count). The van der Waals surface area contributed by atoms with Crippen molar-refractivity contribution in [2.75, 3.05) is 13.7 Å². The van der Waals surface area contributed by atoms with Gasteiger partial charge in [0.05, 0.1) is 6.61 Å². The summed E-state index contributed by atoms with van der Waals surface area (Å²) in [6.45, 7) is 0.602. The lowest BCUT2D eigenvalue weighted by Gasteiger charge is -2.46. The number of hydrogen-bond acceptors (Lipinski definition) is 3. The van der Waals surface area contributed by atoms with Gasteiger partial charge in [-0.1, -0.05) is 42.5 Å². The van der Waals surface area contributed by atoms with Crippen LogP contribution in [-0.4, -0.2) is 25.3 Å². The highest BCUT2D eigenvalue weighted by molar-refractivity contribution is 5.94. The maximum atomic E-state index is 12.7. The quantitative estimate of drug-likeness (QED) is 0.761. The van der Waals surface area contributed by atoms with Crippen LogP contribution in [0.5, 0.6) is 0 Å². The Labute approximate surface area is 112 Å². The van der Waals surface area contributed by atoms with E-state index in [4.69, 9.17) is 9.47 Å². The molecule has 0 spiro atoms. The molecule has 1 aromatic rings. The van der Waals surface area contributed by atoms with Gasteiger partial charge in [0, 0.05) is 30.8 Å². The smallest absolute Gasteiger partial charge is 0.236 e. The first kappa shape index (κ1) is 11.4. The first-order valence-electron chi connectivity index (χ1n) is 6.74. The molecular formula is C16H16O3. The van der Waals surface area contributed by atoms with E-state index >= 15 is 0 Å². The molecule has 4 bridgehead atoms. The van der Waals surface area contributed by atoms with Gasteiger partial charge in [-0.05, 0) is 5.56 Å². The van der Waals surface area contributed by atoms with Crippen LogP contribution in [0.3, 0.4) is 0 Å². The molecule has 2 fully saturated rings. The Morgan fingerprint density at radius 3 is 2.79 bits per heavy atom.